The lowest BCUT2D eigenvalue weighted by atomic mass is 10.1. The van der Waals surface area contributed by atoms with Gasteiger partial charge in [0.15, 0.2) is 0 Å². The Morgan fingerprint density at radius 3 is 2.32 bits per heavy atom. The number of nitrogens with two attached hydrogens (primary N) is 1. The molecule has 0 fully saturated rings. The SMILES string of the molecule is CC(N)CCC(=O)Nc1ccc(C(=O)NCc2ccc(F)cc2)cc1. The number of halogens is 1. The first kappa shape index (κ1) is 18.6. The first-order chi connectivity index (χ1) is 11.9. The number of carbonyl (C=O) groups excluding carboxylic acids is 2. The van der Waals surface area contributed by atoms with Gasteiger partial charge < -0.3 is 16.4 Å². The molecule has 4 N–H and O–H groups in total. The number of hydrogen-bond donors (Lipinski definition) is 3. The highest BCUT2D eigenvalue weighted by atomic mass is 19.1. The Morgan fingerprint density at radius 1 is 1.08 bits per heavy atom. The molecule has 0 aromatic heterocycles. The van der Waals surface area contributed by atoms with Crippen LogP contribution in [-0.2, 0) is 11.3 Å². The highest BCUT2D eigenvalue weighted by molar-refractivity contribution is 5.95. The van der Waals surface area contributed by atoms with Crippen LogP contribution in [0.25, 0.3) is 0 Å². The molecule has 2 aromatic rings. The fraction of sp³-hybridized carbons (Fsp3) is 0.263. The Labute approximate surface area is 146 Å². The van der Waals surface area contributed by atoms with Gasteiger partial charge in [-0.25, -0.2) is 4.39 Å². The van der Waals surface area contributed by atoms with Crippen molar-refractivity contribution in [2.45, 2.75) is 32.4 Å². The van der Waals surface area contributed by atoms with E-state index in [1.165, 1.54) is 12.1 Å². The first-order valence-electron chi connectivity index (χ1n) is 8.12. The molecule has 2 amide bonds. The molecule has 0 saturated carbocycles. The van der Waals surface area contributed by atoms with E-state index in [4.69, 9.17) is 5.73 Å². The molecule has 0 aliphatic rings. The Hall–Kier alpha value is -2.73. The molecule has 0 heterocycles. The molecule has 2 rings (SSSR count). The number of carbonyl (C=O) groups is 2. The van der Waals surface area contributed by atoms with Gasteiger partial charge in [0.25, 0.3) is 5.91 Å². The summed E-state index contributed by atoms with van der Waals surface area (Å²) in [5.74, 6) is -0.654. The average molecular weight is 343 g/mol. The summed E-state index contributed by atoms with van der Waals surface area (Å²) in [6.45, 7) is 2.17. The summed E-state index contributed by atoms with van der Waals surface area (Å²) in [6.07, 6.45) is 0.979. The number of hydrogen-bond acceptors (Lipinski definition) is 3. The van der Waals surface area contributed by atoms with Crippen LogP contribution in [0.15, 0.2) is 48.5 Å². The Morgan fingerprint density at radius 2 is 1.72 bits per heavy atom. The summed E-state index contributed by atoms with van der Waals surface area (Å²) in [7, 11) is 0. The third-order valence-corrected chi connectivity index (χ3v) is 3.62. The van der Waals surface area contributed by atoms with Crippen LogP contribution >= 0.6 is 0 Å². The molecule has 2 aromatic carbocycles. The molecular formula is C19H22FN3O2. The van der Waals surface area contributed by atoms with Gasteiger partial charge in [0.2, 0.25) is 5.91 Å². The largest absolute Gasteiger partial charge is 0.348 e. The molecule has 5 nitrogen and oxygen atoms in total. The van der Waals surface area contributed by atoms with Crippen molar-refractivity contribution in [3.8, 4) is 0 Å². The maximum absolute atomic E-state index is 12.8. The molecule has 0 bridgehead atoms. The van der Waals surface area contributed by atoms with Crippen LogP contribution in [0.3, 0.4) is 0 Å². The van der Waals surface area contributed by atoms with E-state index < -0.39 is 0 Å². The van der Waals surface area contributed by atoms with Crippen LogP contribution in [0.5, 0.6) is 0 Å². The third kappa shape index (κ3) is 6.35. The number of benzene rings is 2. The molecule has 6 heteroatoms. The zero-order valence-electron chi connectivity index (χ0n) is 14.1. The summed E-state index contributed by atoms with van der Waals surface area (Å²) in [6, 6.07) is 12.6. The van der Waals surface area contributed by atoms with E-state index in [9.17, 15) is 14.0 Å². The van der Waals surface area contributed by atoms with E-state index in [0.717, 1.165) is 5.56 Å². The zero-order chi connectivity index (χ0) is 18.2. The Kier molecular flexibility index (Phi) is 6.65. The second-order valence-electron chi connectivity index (χ2n) is 5.95. The zero-order valence-corrected chi connectivity index (χ0v) is 14.1. The molecule has 0 saturated heterocycles. The number of anilines is 1. The maximum atomic E-state index is 12.8. The van der Waals surface area contributed by atoms with E-state index in [0.29, 0.717) is 30.6 Å². The minimum absolute atomic E-state index is 0.0158. The lowest BCUT2D eigenvalue weighted by Gasteiger charge is -2.08. The van der Waals surface area contributed by atoms with E-state index in [1.54, 1.807) is 36.4 Å². The van der Waals surface area contributed by atoms with Crippen LogP contribution in [-0.4, -0.2) is 17.9 Å². The molecule has 0 radical (unpaired) electrons. The molecule has 0 aliphatic carbocycles. The van der Waals surface area contributed by atoms with Crippen LogP contribution in [0, 0.1) is 5.82 Å². The second kappa shape index (κ2) is 8.94. The summed E-state index contributed by atoms with van der Waals surface area (Å²) >= 11 is 0. The summed E-state index contributed by atoms with van der Waals surface area (Å²) in [5.41, 5.74) is 7.55. The molecule has 1 atom stereocenters. The van der Waals surface area contributed by atoms with Crippen LogP contribution in [0.2, 0.25) is 0 Å². The van der Waals surface area contributed by atoms with Crippen molar-refractivity contribution in [3.05, 3.63) is 65.5 Å². The standard InChI is InChI=1S/C19H22FN3O2/c1-13(21)2-11-18(24)23-17-9-5-15(6-10-17)19(25)22-12-14-3-7-16(20)8-4-14/h3-10,13H,2,11-12,21H2,1H3,(H,22,25)(H,23,24). The molecular weight excluding hydrogens is 321 g/mol. The number of nitrogens with one attached hydrogen (secondary N) is 2. The van der Waals surface area contributed by atoms with Gasteiger partial charge in [0.05, 0.1) is 0 Å². The highest BCUT2D eigenvalue weighted by Gasteiger charge is 2.07. The van der Waals surface area contributed by atoms with E-state index in [-0.39, 0.29) is 23.7 Å². The predicted octanol–water partition coefficient (Wildman–Crippen LogP) is 2.82. The van der Waals surface area contributed by atoms with Crippen molar-refractivity contribution in [1.82, 2.24) is 5.32 Å². The lowest BCUT2D eigenvalue weighted by molar-refractivity contribution is -0.116. The van der Waals surface area contributed by atoms with Gasteiger partial charge in [0, 0.05) is 30.3 Å². The minimum Gasteiger partial charge on any atom is -0.348 e. The topological polar surface area (TPSA) is 84.2 Å². The molecule has 25 heavy (non-hydrogen) atoms. The monoisotopic (exact) mass is 343 g/mol. The van der Waals surface area contributed by atoms with Gasteiger partial charge in [-0.15, -0.1) is 0 Å². The van der Waals surface area contributed by atoms with Crippen LogP contribution < -0.4 is 16.4 Å². The van der Waals surface area contributed by atoms with Gasteiger partial charge in [0.1, 0.15) is 5.82 Å². The van der Waals surface area contributed by atoms with Gasteiger partial charge in [-0.3, -0.25) is 9.59 Å². The molecule has 0 aliphatic heterocycles. The van der Waals surface area contributed by atoms with Crippen molar-refractivity contribution in [2.75, 3.05) is 5.32 Å². The van der Waals surface area contributed by atoms with Gasteiger partial charge in [-0.2, -0.15) is 0 Å². The average Bonchev–Trinajstić information content (AvgIpc) is 2.60. The number of amides is 2. The number of rotatable bonds is 7. The predicted molar refractivity (Wildman–Crippen MR) is 95.5 cm³/mol. The van der Waals surface area contributed by atoms with Crippen molar-refractivity contribution >= 4 is 17.5 Å². The third-order valence-electron chi connectivity index (χ3n) is 3.62. The van der Waals surface area contributed by atoms with E-state index >= 15 is 0 Å². The van der Waals surface area contributed by atoms with E-state index in [1.807, 2.05) is 6.92 Å². The van der Waals surface area contributed by atoms with Crippen LogP contribution in [0.4, 0.5) is 10.1 Å². The van der Waals surface area contributed by atoms with Crippen molar-refractivity contribution in [3.63, 3.8) is 0 Å². The summed E-state index contributed by atoms with van der Waals surface area (Å²) < 4.78 is 12.8. The Balaban J connectivity index is 1.85. The first-order valence-corrected chi connectivity index (χ1v) is 8.12. The van der Waals surface area contributed by atoms with Crippen molar-refractivity contribution in [1.29, 1.82) is 0 Å². The van der Waals surface area contributed by atoms with Crippen molar-refractivity contribution in [2.24, 2.45) is 5.73 Å². The summed E-state index contributed by atoms with van der Waals surface area (Å²) in [5, 5.41) is 5.53. The fourth-order valence-corrected chi connectivity index (χ4v) is 2.17. The van der Waals surface area contributed by atoms with Gasteiger partial charge in [-0.1, -0.05) is 12.1 Å². The summed E-state index contributed by atoms with van der Waals surface area (Å²) in [4.78, 5) is 23.9. The van der Waals surface area contributed by atoms with E-state index in [2.05, 4.69) is 10.6 Å². The second-order valence-corrected chi connectivity index (χ2v) is 5.95. The Bertz CT molecular complexity index is 712. The van der Waals surface area contributed by atoms with Gasteiger partial charge >= 0.3 is 0 Å². The molecule has 0 spiro atoms. The smallest absolute Gasteiger partial charge is 0.251 e. The highest BCUT2D eigenvalue weighted by Crippen LogP contribution is 2.11. The molecule has 132 valence electrons. The van der Waals surface area contributed by atoms with Gasteiger partial charge in [-0.05, 0) is 55.3 Å². The quantitative estimate of drug-likeness (QED) is 0.723. The minimum atomic E-state index is -0.311. The maximum Gasteiger partial charge on any atom is 0.251 e. The fourth-order valence-electron chi connectivity index (χ4n) is 2.17. The lowest BCUT2D eigenvalue weighted by Crippen LogP contribution is -2.22. The van der Waals surface area contributed by atoms with Crippen molar-refractivity contribution < 1.29 is 14.0 Å². The molecule has 1 unspecified atom stereocenters. The van der Waals surface area contributed by atoms with Crippen LogP contribution in [0.1, 0.15) is 35.7 Å². The normalized spacial score (nSPS) is 11.6.